The van der Waals surface area contributed by atoms with Gasteiger partial charge in [0.2, 0.25) is 0 Å². The second kappa shape index (κ2) is 8.82. The van der Waals surface area contributed by atoms with E-state index in [2.05, 4.69) is 0 Å². The van der Waals surface area contributed by atoms with E-state index in [4.69, 9.17) is 14.2 Å². The van der Waals surface area contributed by atoms with Crippen molar-refractivity contribution >= 4 is 23.6 Å². The monoisotopic (exact) mass is 395 g/mol. The van der Waals surface area contributed by atoms with Gasteiger partial charge >= 0.3 is 5.97 Å². The van der Waals surface area contributed by atoms with E-state index in [0.29, 0.717) is 17.1 Å². The van der Waals surface area contributed by atoms with Crippen LogP contribution in [0, 0.1) is 0 Å². The third-order valence-electron chi connectivity index (χ3n) is 4.92. The van der Waals surface area contributed by atoms with Crippen molar-refractivity contribution in [3.8, 4) is 11.5 Å². The van der Waals surface area contributed by atoms with Crippen LogP contribution in [0.3, 0.4) is 0 Å². The summed E-state index contributed by atoms with van der Waals surface area (Å²) in [6.45, 7) is 3.58. The number of fused-ring (bicyclic) bond motifs is 1. The number of anilines is 1. The van der Waals surface area contributed by atoms with Gasteiger partial charge in [-0.3, -0.25) is 4.79 Å². The second-order valence-corrected chi connectivity index (χ2v) is 6.89. The number of benzene rings is 2. The van der Waals surface area contributed by atoms with E-state index in [1.807, 2.05) is 31.2 Å². The molecule has 0 aliphatic carbocycles. The van der Waals surface area contributed by atoms with Crippen LogP contribution in [0.1, 0.15) is 25.0 Å². The van der Waals surface area contributed by atoms with E-state index in [0.717, 1.165) is 17.7 Å². The van der Waals surface area contributed by atoms with Gasteiger partial charge in [0.05, 0.1) is 14.2 Å². The average molecular weight is 395 g/mol. The normalized spacial score (nSPS) is 16.4. The van der Waals surface area contributed by atoms with E-state index in [9.17, 15) is 9.59 Å². The van der Waals surface area contributed by atoms with Gasteiger partial charge in [0.1, 0.15) is 0 Å². The van der Waals surface area contributed by atoms with Crippen molar-refractivity contribution in [1.29, 1.82) is 0 Å². The maximum Gasteiger partial charge on any atom is 0.331 e. The Balaban J connectivity index is 1.68. The summed E-state index contributed by atoms with van der Waals surface area (Å²) in [6.07, 6.45) is 2.75. The first-order valence-electron chi connectivity index (χ1n) is 9.47. The van der Waals surface area contributed by atoms with Crippen molar-refractivity contribution in [2.75, 3.05) is 19.1 Å². The Kier molecular flexibility index (Phi) is 6.22. The Bertz CT molecular complexity index is 937. The molecule has 1 aliphatic rings. The van der Waals surface area contributed by atoms with E-state index >= 15 is 0 Å². The van der Waals surface area contributed by atoms with E-state index < -0.39 is 12.1 Å². The van der Waals surface area contributed by atoms with Gasteiger partial charge < -0.3 is 19.1 Å². The van der Waals surface area contributed by atoms with Crippen molar-refractivity contribution in [3.05, 3.63) is 59.7 Å². The van der Waals surface area contributed by atoms with Gasteiger partial charge in [-0.1, -0.05) is 30.3 Å². The molecule has 1 amide bonds. The van der Waals surface area contributed by atoms with Crippen molar-refractivity contribution in [2.24, 2.45) is 0 Å². The van der Waals surface area contributed by atoms with Crippen LogP contribution >= 0.6 is 0 Å². The summed E-state index contributed by atoms with van der Waals surface area (Å²) in [4.78, 5) is 26.9. The molecule has 2 aromatic carbocycles. The van der Waals surface area contributed by atoms with Gasteiger partial charge in [-0.15, -0.1) is 0 Å². The first kappa shape index (κ1) is 20.5. The molecule has 0 saturated heterocycles. The lowest BCUT2D eigenvalue weighted by atomic mass is 10.1. The van der Waals surface area contributed by atoms with Gasteiger partial charge in [0, 0.05) is 23.4 Å². The largest absolute Gasteiger partial charge is 0.493 e. The van der Waals surface area contributed by atoms with Crippen LogP contribution in [0.5, 0.6) is 11.5 Å². The molecule has 0 N–H and O–H groups in total. The topological polar surface area (TPSA) is 65.1 Å². The second-order valence-electron chi connectivity index (χ2n) is 6.89. The summed E-state index contributed by atoms with van der Waals surface area (Å²) in [6, 6.07) is 13.2. The Morgan fingerprint density at radius 1 is 1.10 bits per heavy atom. The summed E-state index contributed by atoms with van der Waals surface area (Å²) < 4.78 is 15.9. The number of para-hydroxylation sites is 2. The molecular formula is C23H25NO5. The predicted octanol–water partition coefficient (Wildman–Crippen LogP) is 3.63. The van der Waals surface area contributed by atoms with Crippen LogP contribution in [-0.2, 0) is 20.7 Å². The van der Waals surface area contributed by atoms with Crippen molar-refractivity contribution in [2.45, 2.75) is 32.4 Å². The highest BCUT2D eigenvalue weighted by Gasteiger charge is 2.34. The fourth-order valence-corrected chi connectivity index (χ4v) is 3.56. The van der Waals surface area contributed by atoms with Gasteiger partial charge in [0.25, 0.3) is 5.91 Å². The molecule has 0 bridgehead atoms. The number of amides is 1. The summed E-state index contributed by atoms with van der Waals surface area (Å²) in [5, 5.41) is 0. The molecule has 2 atom stereocenters. The number of esters is 1. The molecule has 0 aromatic heterocycles. The summed E-state index contributed by atoms with van der Waals surface area (Å²) in [5.74, 6) is 0.248. The Hall–Kier alpha value is -3.28. The number of hydrogen-bond donors (Lipinski definition) is 0. The number of hydrogen-bond acceptors (Lipinski definition) is 5. The molecule has 29 heavy (non-hydrogen) atoms. The van der Waals surface area contributed by atoms with Gasteiger partial charge in [-0.05, 0) is 44.0 Å². The van der Waals surface area contributed by atoms with E-state index in [1.165, 1.54) is 13.2 Å². The molecule has 3 rings (SSSR count). The van der Waals surface area contributed by atoms with Gasteiger partial charge in [-0.25, -0.2) is 4.79 Å². The number of rotatable bonds is 6. The molecule has 6 heteroatoms. The zero-order valence-electron chi connectivity index (χ0n) is 17.0. The molecule has 0 saturated carbocycles. The van der Waals surface area contributed by atoms with Crippen molar-refractivity contribution in [3.63, 3.8) is 0 Å². The van der Waals surface area contributed by atoms with Crippen LogP contribution in [0.15, 0.2) is 48.5 Å². The van der Waals surface area contributed by atoms with Crippen LogP contribution in [0.2, 0.25) is 0 Å². The first-order valence-corrected chi connectivity index (χ1v) is 9.47. The van der Waals surface area contributed by atoms with Crippen LogP contribution < -0.4 is 14.4 Å². The lowest BCUT2D eigenvalue weighted by Crippen LogP contribution is -2.43. The zero-order valence-corrected chi connectivity index (χ0v) is 17.0. The first-order chi connectivity index (χ1) is 14.0. The van der Waals surface area contributed by atoms with Gasteiger partial charge in [-0.2, -0.15) is 0 Å². The van der Waals surface area contributed by atoms with Crippen LogP contribution in [-0.4, -0.2) is 38.2 Å². The summed E-state index contributed by atoms with van der Waals surface area (Å²) in [5.41, 5.74) is 2.67. The number of nitrogens with zero attached hydrogens (tertiary/aromatic N) is 1. The molecule has 0 spiro atoms. The molecule has 1 heterocycles. The fraction of sp³-hybridized carbons (Fsp3) is 0.304. The van der Waals surface area contributed by atoms with Crippen molar-refractivity contribution < 1.29 is 23.8 Å². The van der Waals surface area contributed by atoms with Crippen LogP contribution in [0.4, 0.5) is 5.69 Å². The van der Waals surface area contributed by atoms with Gasteiger partial charge in [0.15, 0.2) is 17.6 Å². The van der Waals surface area contributed by atoms with Crippen molar-refractivity contribution in [1.82, 2.24) is 0 Å². The number of ether oxygens (including phenoxy) is 3. The molecule has 2 aromatic rings. The highest BCUT2D eigenvalue weighted by Crippen LogP contribution is 2.33. The smallest absolute Gasteiger partial charge is 0.331 e. The molecule has 0 unspecified atom stereocenters. The quantitative estimate of drug-likeness (QED) is 0.552. The fourth-order valence-electron chi connectivity index (χ4n) is 3.56. The number of carbonyl (C=O) groups excluding carboxylic acids is 2. The number of methoxy groups -OCH3 is 2. The maximum atomic E-state index is 12.9. The molecule has 0 fully saturated rings. The zero-order chi connectivity index (χ0) is 21.0. The summed E-state index contributed by atoms with van der Waals surface area (Å²) >= 11 is 0. The molecular weight excluding hydrogens is 370 g/mol. The minimum Gasteiger partial charge on any atom is -0.493 e. The molecule has 6 nitrogen and oxygen atoms in total. The summed E-state index contributed by atoms with van der Waals surface area (Å²) in [7, 11) is 3.08. The number of carbonyl (C=O) groups is 2. The standard InChI is InChI=1S/C23H25NO5/c1-15-14-18-8-5-6-10-19(18)24(15)23(26)16(2)29-21(25)13-12-17-9-7-11-20(27-3)22(17)28-4/h5-13,15-16H,14H2,1-4H3/b13-12+/t15-,16+/m1/s1. The average Bonchev–Trinajstić information content (AvgIpc) is 3.06. The SMILES string of the molecule is COc1cccc(/C=C/C(=O)O[C@@H](C)C(=O)N2c3ccccc3C[C@H]2C)c1OC. The lowest BCUT2D eigenvalue weighted by molar-refractivity contribution is -0.149. The third-order valence-corrected chi connectivity index (χ3v) is 4.92. The molecule has 0 radical (unpaired) electrons. The minimum absolute atomic E-state index is 0.0256. The highest BCUT2D eigenvalue weighted by molar-refractivity contribution is 6.00. The Labute approximate surface area is 170 Å². The Morgan fingerprint density at radius 2 is 1.86 bits per heavy atom. The molecule has 1 aliphatic heterocycles. The lowest BCUT2D eigenvalue weighted by Gasteiger charge is -2.25. The molecule has 152 valence electrons. The maximum absolute atomic E-state index is 12.9. The highest BCUT2D eigenvalue weighted by atomic mass is 16.5. The van der Waals surface area contributed by atoms with Crippen LogP contribution in [0.25, 0.3) is 6.08 Å². The minimum atomic E-state index is -0.895. The third kappa shape index (κ3) is 4.26. The Morgan fingerprint density at radius 3 is 2.59 bits per heavy atom. The van der Waals surface area contributed by atoms with E-state index in [1.54, 1.807) is 43.2 Å². The van der Waals surface area contributed by atoms with E-state index in [-0.39, 0.29) is 11.9 Å². The predicted molar refractivity (Wildman–Crippen MR) is 111 cm³/mol.